The maximum absolute atomic E-state index is 13.2. The van der Waals surface area contributed by atoms with Crippen LogP contribution in [-0.4, -0.2) is 25.0 Å². The zero-order valence-corrected chi connectivity index (χ0v) is 13.9. The fourth-order valence-electron chi connectivity index (χ4n) is 2.89. The first kappa shape index (κ1) is 18.4. The van der Waals surface area contributed by atoms with Crippen LogP contribution in [0, 0.1) is 11.6 Å². The van der Waals surface area contributed by atoms with Gasteiger partial charge in [-0.05, 0) is 74.5 Å². The first-order valence-electron chi connectivity index (χ1n) is 7.70. The van der Waals surface area contributed by atoms with E-state index in [-0.39, 0.29) is 36.0 Å². The zero-order chi connectivity index (χ0) is 16.2. The number of nitrogens with one attached hydrogen (secondary N) is 1. The van der Waals surface area contributed by atoms with E-state index >= 15 is 0 Å². The minimum atomic E-state index is -0.378. The predicted molar refractivity (Wildman–Crippen MR) is 92.7 cm³/mol. The third kappa shape index (κ3) is 4.10. The second-order valence-electron chi connectivity index (χ2n) is 5.64. The lowest BCUT2D eigenvalue weighted by molar-refractivity contribution is 0.0971. The molecular formula is C18H19ClF2N2O. The number of carbonyl (C=O) groups is 1. The van der Waals surface area contributed by atoms with E-state index in [9.17, 15) is 13.6 Å². The summed E-state index contributed by atoms with van der Waals surface area (Å²) in [5.74, 6) is -0.909. The number of anilines is 1. The maximum Gasteiger partial charge on any atom is 0.258 e. The number of carbonyl (C=O) groups excluding carboxylic acids is 1. The van der Waals surface area contributed by atoms with Crippen LogP contribution in [0.4, 0.5) is 14.5 Å². The van der Waals surface area contributed by atoms with Gasteiger partial charge in [0.1, 0.15) is 11.6 Å². The minimum Gasteiger partial charge on any atom is -0.317 e. The van der Waals surface area contributed by atoms with E-state index in [1.807, 2.05) is 0 Å². The van der Waals surface area contributed by atoms with E-state index in [4.69, 9.17) is 0 Å². The molecule has 0 unspecified atom stereocenters. The Bertz CT molecular complexity index is 670. The monoisotopic (exact) mass is 352 g/mol. The lowest BCUT2D eigenvalue weighted by Gasteiger charge is -2.35. The summed E-state index contributed by atoms with van der Waals surface area (Å²) in [5, 5.41) is 3.27. The SMILES string of the molecule is Cl.O=C(c1ccc(F)cc1)N(c1ccc(F)cc1)C1CCNCC1. The number of nitrogens with zero attached hydrogens (tertiary/aromatic N) is 1. The first-order chi connectivity index (χ1) is 11.1. The van der Waals surface area contributed by atoms with Crippen LogP contribution in [0.5, 0.6) is 0 Å². The second-order valence-corrected chi connectivity index (χ2v) is 5.64. The largest absolute Gasteiger partial charge is 0.317 e. The van der Waals surface area contributed by atoms with E-state index in [0.29, 0.717) is 11.3 Å². The Kier molecular flexibility index (Phi) is 6.29. The van der Waals surface area contributed by atoms with Crippen LogP contribution in [0.2, 0.25) is 0 Å². The van der Waals surface area contributed by atoms with Crippen LogP contribution in [-0.2, 0) is 0 Å². The Hall–Kier alpha value is -1.98. The molecule has 3 nitrogen and oxygen atoms in total. The van der Waals surface area contributed by atoms with Gasteiger partial charge in [0, 0.05) is 17.3 Å². The van der Waals surface area contributed by atoms with Crippen LogP contribution in [0.25, 0.3) is 0 Å². The summed E-state index contributed by atoms with van der Waals surface area (Å²) < 4.78 is 26.3. The molecule has 0 bridgehead atoms. The van der Waals surface area contributed by atoms with Gasteiger partial charge in [0.2, 0.25) is 0 Å². The average molecular weight is 353 g/mol. The molecule has 6 heteroatoms. The Labute approximate surface area is 146 Å². The summed E-state index contributed by atoms with van der Waals surface area (Å²) in [7, 11) is 0. The van der Waals surface area contributed by atoms with E-state index in [2.05, 4.69) is 5.32 Å². The molecule has 24 heavy (non-hydrogen) atoms. The van der Waals surface area contributed by atoms with Gasteiger partial charge in [-0.25, -0.2) is 8.78 Å². The Morgan fingerprint density at radius 1 is 0.917 bits per heavy atom. The molecular weight excluding hydrogens is 334 g/mol. The van der Waals surface area contributed by atoms with Gasteiger partial charge in [-0.1, -0.05) is 0 Å². The quantitative estimate of drug-likeness (QED) is 0.911. The number of rotatable bonds is 3. The summed E-state index contributed by atoms with van der Waals surface area (Å²) in [6.07, 6.45) is 1.65. The molecule has 1 aliphatic heterocycles. The molecule has 0 aliphatic carbocycles. The minimum absolute atomic E-state index is 0. The zero-order valence-electron chi connectivity index (χ0n) is 13.0. The molecule has 0 atom stereocenters. The van der Waals surface area contributed by atoms with Crippen molar-refractivity contribution >= 4 is 24.0 Å². The standard InChI is InChI=1S/C18H18F2N2O.ClH/c19-14-3-1-13(2-4-14)18(23)22(17-9-11-21-12-10-17)16-7-5-15(20)6-8-16;/h1-8,17,21H,9-12H2;1H. The summed E-state index contributed by atoms with van der Waals surface area (Å²) in [6.45, 7) is 1.66. The lowest BCUT2D eigenvalue weighted by atomic mass is 10.0. The van der Waals surface area contributed by atoms with Crippen LogP contribution < -0.4 is 10.2 Å². The number of halogens is 3. The highest BCUT2D eigenvalue weighted by Crippen LogP contribution is 2.24. The fourth-order valence-corrected chi connectivity index (χ4v) is 2.89. The molecule has 0 radical (unpaired) electrons. The molecule has 2 aromatic carbocycles. The highest BCUT2D eigenvalue weighted by Gasteiger charge is 2.27. The Morgan fingerprint density at radius 2 is 1.42 bits per heavy atom. The summed E-state index contributed by atoms with van der Waals surface area (Å²) in [5.41, 5.74) is 1.09. The molecule has 1 aliphatic rings. The van der Waals surface area contributed by atoms with Gasteiger partial charge in [0.05, 0.1) is 0 Å². The van der Waals surface area contributed by atoms with Gasteiger partial charge >= 0.3 is 0 Å². The molecule has 1 N–H and O–H groups in total. The lowest BCUT2D eigenvalue weighted by Crippen LogP contribution is -2.46. The van der Waals surface area contributed by atoms with Crippen molar-refractivity contribution in [3.63, 3.8) is 0 Å². The summed E-state index contributed by atoms with van der Waals surface area (Å²) in [4.78, 5) is 14.6. The van der Waals surface area contributed by atoms with Crippen molar-refractivity contribution in [1.29, 1.82) is 0 Å². The van der Waals surface area contributed by atoms with Crippen molar-refractivity contribution in [3.05, 3.63) is 65.7 Å². The third-order valence-corrected chi connectivity index (χ3v) is 4.09. The van der Waals surface area contributed by atoms with Crippen molar-refractivity contribution in [3.8, 4) is 0 Å². The van der Waals surface area contributed by atoms with Gasteiger partial charge in [0.25, 0.3) is 5.91 Å². The van der Waals surface area contributed by atoms with Gasteiger partial charge in [-0.3, -0.25) is 4.79 Å². The number of hydrogen-bond donors (Lipinski definition) is 1. The molecule has 128 valence electrons. The van der Waals surface area contributed by atoms with Gasteiger partial charge < -0.3 is 10.2 Å². The van der Waals surface area contributed by atoms with Crippen LogP contribution in [0.15, 0.2) is 48.5 Å². The predicted octanol–water partition coefficient (Wildman–Crippen LogP) is 3.79. The second kappa shape index (κ2) is 8.22. The summed E-state index contributed by atoms with van der Waals surface area (Å²) in [6, 6.07) is 11.5. The topological polar surface area (TPSA) is 32.3 Å². The molecule has 0 aromatic heterocycles. The first-order valence-corrected chi connectivity index (χ1v) is 7.70. The maximum atomic E-state index is 13.2. The van der Waals surface area contributed by atoms with Crippen molar-refractivity contribution in [2.24, 2.45) is 0 Å². The van der Waals surface area contributed by atoms with E-state index in [1.54, 1.807) is 17.0 Å². The van der Waals surface area contributed by atoms with Crippen molar-refractivity contribution < 1.29 is 13.6 Å². The Morgan fingerprint density at radius 3 is 1.96 bits per heavy atom. The molecule has 1 heterocycles. The van der Waals surface area contributed by atoms with Crippen LogP contribution in [0.1, 0.15) is 23.2 Å². The van der Waals surface area contributed by atoms with Gasteiger partial charge in [-0.15, -0.1) is 12.4 Å². The normalized spacial score (nSPS) is 14.8. The number of amides is 1. The average Bonchev–Trinajstić information content (AvgIpc) is 2.58. The van der Waals surface area contributed by atoms with Crippen LogP contribution >= 0.6 is 12.4 Å². The molecule has 1 amide bonds. The van der Waals surface area contributed by atoms with Gasteiger partial charge in [-0.2, -0.15) is 0 Å². The fraction of sp³-hybridized carbons (Fsp3) is 0.278. The van der Waals surface area contributed by atoms with Gasteiger partial charge in [0.15, 0.2) is 0 Å². The van der Waals surface area contributed by atoms with Crippen molar-refractivity contribution in [1.82, 2.24) is 5.32 Å². The molecule has 3 rings (SSSR count). The number of hydrogen-bond acceptors (Lipinski definition) is 2. The molecule has 1 fully saturated rings. The third-order valence-electron chi connectivity index (χ3n) is 4.09. The van der Waals surface area contributed by atoms with E-state index < -0.39 is 0 Å². The van der Waals surface area contributed by atoms with Crippen molar-refractivity contribution in [2.75, 3.05) is 18.0 Å². The smallest absolute Gasteiger partial charge is 0.258 e. The van der Waals surface area contributed by atoms with Crippen LogP contribution in [0.3, 0.4) is 0 Å². The molecule has 1 saturated heterocycles. The number of benzene rings is 2. The summed E-state index contributed by atoms with van der Waals surface area (Å²) >= 11 is 0. The number of piperidine rings is 1. The highest BCUT2D eigenvalue weighted by molar-refractivity contribution is 6.06. The Balaban J connectivity index is 0.00000208. The van der Waals surface area contributed by atoms with Crippen molar-refractivity contribution in [2.45, 2.75) is 18.9 Å². The highest BCUT2D eigenvalue weighted by atomic mass is 35.5. The molecule has 0 spiro atoms. The van der Waals surface area contributed by atoms with E-state index in [0.717, 1.165) is 25.9 Å². The van der Waals surface area contributed by atoms with E-state index in [1.165, 1.54) is 36.4 Å². The molecule has 2 aromatic rings. The molecule has 0 saturated carbocycles.